The van der Waals surface area contributed by atoms with Crippen molar-refractivity contribution in [3.63, 3.8) is 0 Å². The highest BCUT2D eigenvalue weighted by Crippen LogP contribution is 2.28. The van der Waals surface area contributed by atoms with Gasteiger partial charge in [-0.3, -0.25) is 9.89 Å². The molecular formula is C23H41IN4O3. The van der Waals surface area contributed by atoms with Gasteiger partial charge >= 0.3 is 0 Å². The number of hydrogen-bond acceptors (Lipinski definition) is 5. The first kappa shape index (κ1) is 27.8. The summed E-state index contributed by atoms with van der Waals surface area (Å²) < 4.78 is 17.3. The van der Waals surface area contributed by atoms with E-state index in [2.05, 4.69) is 46.5 Å². The van der Waals surface area contributed by atoms with Gasteiger partial charge in [-0.25, -0.2) is 0 Å². The highest BCUT2D eigenvalue weighted by atomic mass is 127. The van der Waals surface area contributed by atoms with Gasteiger partial charge in [-0.1, -0.05) is 19.9 Å². The van der Waals surface area contributed by atoms with Gasteiger partial charge in [-0.15, -0.1) is 24.0 Å². The van der Waals surface area contributed by atoms with Crippen molar-refractivity contribution in [2.45, 2.75) is 40.2 Å². The molecule has 7 nitrogen and oxygen atoms in total. The van der Waals surface area contributed by atoms with Gasteiger partial charge in [0, 0.05) is 39.8 Å². The normalized spacial score (nSPS) is 17.2. The molecule has 0 aliphatic carbocycles. The number of ether oxygens (including phenoxy) is 3. The van der Waals surface area contributed by atoms with Gasteiger partial charge in [-0.05, 0) is 43.9 Å². The predicted octanol–water partition coefficient (Wildman–Crippen LogP) is 3.17. The van der Waals surface area contributed by atoms with Gasteiger partial charge in [0.15, 0.2) is 17.5 Å². The molecule has 1 aliphatic heterocycles. The predicted molar refractivity (Wildman–Crippen MR) is 138 cm³/mol. The van der Waals surface area contributed by atoms with E-state index in [-0.39, 0.29) is 30.1 Å². The summed E-state index contributed by atoms with van der Waals surface area (Å²) in [6, 6.07) is 6.14. The van der Waals surface area contributed by atoms with E-state index >= 15 is 0 Å². The van der Waals surface area contributed by atoms with Gasteiger partial charge in [-0.2, -0.15) is 0 Å². The lowest BCUT2D eigenvalue weighted by Crippen LogP contribution is -2.50. The van der Waals surface area contributed by atoms with Crippen LogP contribution in [-0.2, 0) is 11.2 Å². The van der Waals surface area contributed by atoms with E-state index in [0.717, 1.165) is 63.2 Å². The molecule has 0 aromatic heterocycles. The van der Waals surface area contributed by atoms with E-state index in [4.69, 9.17) is 14.2 Å². The molecule has 0 amide bonds. The average Bonchev–Trinajstić information content (AvgIpc) is 2.72. The average molecular weight is 549 g/mol. The molecule has 1 aliphatic rings. The van der Waals surface area contributed by atoms with Gasteiger partial charge in [0.25, 0.3) is 0 Å². The highest BCUT2D eigenvalue weighted by Gasteiger charge is 2.21. The molecule has 0 spiro atoms. The zero-order chi connectivity index (χ0) is 21.8. The van der Waals surface area contributed by atoms with E-state index in [9.17, 15) is 0 Å². The Hall–Kier alpha value is -1.26. The highest BCUT2D eigenvalue weighted by molar-refractivity contribution is 14.0. The third-order valence-electron chi connectivity index (χ3n) is 4.88. The number of rotatable bonds is 11. The summed E-state index contributed by atoms with van der Waals surface area (Å²) in [5.41, 5.74) is 1.20. The second kappa shape index (κ2) is 15.5. The third-order valence-corrected chi connectivity index (χ3v) is 4.88. The monoisotopic (exact) mass is 548 g/mol. The summed E-state index contributed by atoms with van der Waals surface area (Å²) in [5, 5.41) is 6.79. The van der Waals surface area contributed by atoms with Crippen molar-refractivity contribution >= 4 is 29.9 Å². The molecule has 8 heteroatoms. The molecule has 1 heterocycles. The summed E-state index contributed by atoms with van der Waals surface area (Å²) >= 11 is 0. The zero-order valence-electron chi connectivity index (χ0n) is 19.8. The Morgan fingerprint density at radius 3 is 2.61 bits per heavy atom. The summed E-state index contributed by atoms with van der Waals surface area (Å²) in [4.78, 5) is 6.82. The fourth-order valence-corrected chi connectivity index (χ4v) is 3.59. The van der Waals surface area contributed by atoms with Gasteiger partial charge in [0.05, 0.1) is 25.9 Å². The fourth-order valence-electron chi connectivity index (χ4n) is 3.59. The maximum Gasteiger partial charge on any atom is 0.191 e. The van der Waals surface area contributed by atoms with Crippen molar-refractivity contribution in [3.8, 4) is 11.5 Å². The smallest absolute Gasteiger partial charge is 0.191 e. The van der Waals surface area contributed by atoms with E-state index < -0.39 is 0 Å². The number of nitrogens with zero attached hydrogens (tertiary/aromatic N) is 2. The van der Waals surface area contributed by atoms with Crippen LogP contribution < -0.4 is 20.1 Å². The molecule has 1 aromatic carbocycles. The van der Waals surface area contributed by atoms with Gasteiger partial charge in [0.1, 0.15) is 0 Å². The van der Waals surface area contributed by atoms with E-state index in [1.807, 2.05) is 19.9 Å². The first-order chi connectivity index (χ1) is 14.5. The number of halogens is 1. The van der Waals surface area contributed by atoms with Crippen molar-refractivity contribution in [2.75, 3.05) is 59.6 Å². The Labute approximate surface area is 205 Å². The van der Waals surface area contributed by atoms with Crippen LogP contribution in [0.4, 0.5) is 0 Å². The quantitative estimate of drug-likeness (QED) is 0.252. The van der Waals surface area contributed by atoms with Gasteiger partial charge in [0.2, 0.25) is 0 Å². The summed E-state index contributed by atoms with van der Waals surface area (Å²) in [6.07, 6.45) is 1.06. The van der Waals surface area contributed by atoms with Crippen LogP contribution in [0.5, 0.6) is 11.5 Å². The van der Waals surface area contributed by atoms with E-state index in [0.29, 0.717) is 19.1 Å². The lowest BCUT2D eigenvalue weighted by Gasteiger charge is -2.34. The van der Waals surface area contributed by atoms with Crippen molar-refractivity contribution in [1.29, 1.82) is 0 Å². The zero-order valence-corrected chi connectivity index (χ0v) is 22.1. The molecule has 178 valence electrons. The number of guanidine groups is 1. The molecule has 1 aromatic rings. The molecule has 1 atom stereocenters. The van der Waals surface area contributed by atoms with Crippen LogP contribution in [0.1, 0.15) is 33.3 Å². The molecule has 1 unspecified atom stereocenters. The number of aliphatic imine (C=N–C) groups is 1. The summed E-state index contributed by atoms with van der Waals surface area (Å²) in [7, 11) is 1.80. The topological polar surface area (TPSA) is 67.4 Å². The molecule has 31 heavy (non-hydrogen) atoms. The minimum absolute atomic E-state index is 0. The van der Waals surface area contributed by atoms with Crippen molar-refractivity contribution < 1.29 is 14.2 Å². The number of nitrogens with one attached hydrogen (secondary N) is 2. The molecule has 2 N–H and O–H groups in total. The van der Waals surface area contributed by atoms with Crippen LogP contribution in [0.2, 0.25) is 0 Å². The molecule has 1 fully saturated rings. The van der Waals surface area contributed by atoms with Crippen LogP contribution >= 0.6 is 24.0 Å². The molecule has 0 bridgehead atoms. The van der Waals surface area contributed by atoms with Crippen LogP contribution in [0.25, 0.3) is 0 Å². The van der Waals surface area contributed by atoms with Crippen LogP contribution in [0, 0.1) is 5.92 Å². The second-order valence-electron chi connectivity index (χ2n) is 7.92. The lowest BCUT2D eigenvalue weighted by atomic mass is 10.1. The number of hydrogen-bond donors (Lipinski definition) is 2. The van der Waals surface area contributed by atoms with E-state index in [1.54, 1.807) is 7.05 Å². The first-order valence-corrected chi connectivity index (χ1v) is 11.2. The maximum absolute atomic E-state index is 5.91. The first-order valence-electron chi connectivity index (χ1n) is 11.2. The number of benzene rings is 1. The lowest BCUT2D eigenvalue weighted by molar-refractivity contribution is -0.0284. The molecule has 0 saturated carbocycles. The Balaban J connectivity index is 0.00000480. The molecular weight excluding hydrogens is 507 g/mol. The van der Waals surface area contributed by atoms with Crippen molar-refractivity contribution in [1.82, 2.24) is 15.5 Å². The van der Waals surface area contributed by atoms with Crippen molar-refractivity contribution in [2.24, 2.45) is 10.9 Å². The second-order valence-corrected chi connectivity index (χ2v) is 7.92. The maximum atomic E-state index is 5.91. The largest absolute Gasteiger partial charge is 0.490 e. The van der Waals surface area contributed by atoms with Gasteiger partial charge < -0.3 is 24.8 Å². The van der Waals surface area contributed by atoms with Crippen LogP contribution in [0.3, 0.4) is 0 Å². The molecule has 0 radical (unpaired) electrons. The third kappa shape index (κ3) is 10.3. The Bertz CT molecular complexity index is 658. The molecule has 2 rings (SSSR count). The standard InChI is InChI=1S/C23H40N4O3.HI/c1-6-28-21-9-8-19(14-22(21)29-7-2)10-11-25-23(24-5)26-15-20-17-27(12-13-30-20)16-18(3)4;/h8-9,14,18,20H,6-7,10-13,15-17H2,1-5H3,(H2,24,25,26);1H. The fraction of sp³-hybridized carbons (Fsp3) is 0.696. The Morgan fingerprint density at radius 1 is 1.19 bits per heavy atom. The van der Waals surface area contributed by atoms with Crippen LogP contribution in [-0.4, -0.2) is 76.6 Å². The number of morpholine rings is 1. The Morgan fingerprint density at radius 2 is 1.94 bits per heavy atom. The Kier molecular flexibility index (Phi) is 13.9. The van der Waals surface area contributed by atoms with Crippen LogP contribution in [0.15, 0.2) is 23.2 Å². The SMILES string of the molecule is CCOc1ccc(CCNC(=NC)NCC2CN(CC(C)C)CCO2)cc1OCC.I. The van der Waals surface area contributed by atoms with E-state index in [1.165, 1.54) is 5.56 Å². The summed E-state index contributed by atoms with van der Waals surface area (Å²) in [6.45, 7) is 15.2. The minimum Gasteiger partial charge on any atom is -0.490 e. The van der Waals surface area contributed by atoms with Crippen molar-refractivity contribution in [3.05, 3.63) is 23.8 Å². The minimum atomic E-state index is 0. The molecule has 1 saturated heterocycles. The summed E-state index contributed by atoms with van der Waals surface area (Å²) in [5.74, 6) is 3.08.